The number of rotatable bonds is 8. The Bertz CT molecular complexity index is 1180. The Kier molecular flexibility index (Phi) is 6.38. The van der Waals surface area contributed by atoms with Crippen LogP contribution in [0.3, 0.4) is 0 Å². The van der Waals surface area contributed by atoms with Gasteiger partial charge >= 0.3 is 6.18 Å². The second kappa shape index (κ2) is 9.37. The van der Waals surface area contributed by atoms with Gasteiger partial charge in [0.2, 0.25) is 0 Å². The lowest BCUT2D eigenvalue weighted by atomic mass is 10.1. The lowest BCUT2D eigenvalue weighted by Gasteiger charge is -2.12. The third-order valence-corrected chi connectivity index (χ3v) is 4.85. The molecule has 32 heavy (non-hydrogen) atoms. The summed E-state index contributed by atoms with van der Waals surface area (Å²) in [6.45, 7) is 1.07. The monoisotopic (exact) mass is 442 g/mol. The highest BCUT2D eigenvalue weighted by atomic mass is 19.4. The summed E-state index contributed by atoms with van der Waals surface area (Å²) in [6.07, 6.45) is -2.80. The quantitative estimate of drug-likeness (QED) is 0.393. The fourth-order valence-electron chi connectivity index (χ4n) is 3.31. The fraction of sp³-hybridized carbons (Fsp3) is 0.217. The number of aliphatic hydroxyl groups excluding tert-OH is 1. The van der Waals surface area contributed by atoms with E-state index in [2.05, 4.69) is 10.4 Å². The highest BCUT2D eigenvalue weighted by Gasteiger charge is 2.30. The smallest absolute Gasteiger partial charge is 0.394 e. The molecule has 0 unspecified atom stereocenters. The molecule has 0 spiro atoms. The predicted molar refractivity (Wildman–Crippen MR) is 115 cm³/mol. The minimum atomic E-state index is -4.40. The predicted octanol–water partition coefficient (Wildman–Crippen LogP) is 4.50. The Hall–Kier alpha value is -3.43. The molecule has 2 heterocycles. The number of hydrogen-bond donors (Lipinski definition) is 2. The summed E-state index contributed by atoms with van der Waals surface area (Å²) in [5.74, 6) is 0.666. The van der Waals surface area contributed by atoms with E-state index in [4.69, 9.17) is 14.8 Å². The Morgan fingerprint density at radius 3 is 2.41 bits per heavy atom. The lowest BCUT2D eigenvalue weighted by Crippen LogP contribution is -2.14. The van der Waals surface area contributed by atoms with Crippen molar-refractivity contribution >= 4 is 11.5 Å². The van der Waals surface area contributed by atoms with Gasteiger partial charge in [0.1, 0.15) is 5.82 Å². The summed E-state index contributed by atoms with van der Waals surface area (Å²) in [4.78, 5) is 4.75. The fourth-order valence-corrected chi connectivity index (χ4v) is 3.31. The molecule has 0 saturated heterocycles. The lowest BCUT2D eigenvalue weighted by molar-refractivity contribution is -0.137. The maximum atomic E-state index is 12.9. The zero-order valence-electron chi connectivity index (χ0n) is 17.0. The number of nitrogens with one attached hydrogen (secondary N) is 1. The Balaban J connectivity index is 1.74. The molecule has 4 rings (SSSR count). The van der Waals surface area contributed by atoms with Gasteiger partial charge in [-0.1, -0.05) is 42.5 Å². The molecule has 0 saturated carbocycles. The summed E-state index contributed by atoms with van der Waals surface area (Å²) in [6, 6.07) is 16.4. The van der Waals surface area contributed by atoms with Crippen molar-refractivity contribution in [3.8, 4) is 22.4 Å². The molecule has 2 aromatic heterocycles. The molecule has 6 nitrogen and oxygen atoms in total. The minimum absolute atomic E-state index is 0.0483. The molecular weight excluding hydrogens is 421 g/mol. The number of fused-ring (bicyclic) bond motifs is 1. The number of alkyl halides is 3. The molecule has 4 aromatic rings. The number of halogens is 3. The molecule has 0 amide bonds. The topological polar surface area (TPSA) is 71.7 Å². The van der Waals surface area contributed by atoms with Crippen molar-refractivity contribution in [2.45, 2.75) is 6.18 Å². The number of aromatic nitrogens is 3. The molecule has 9 heteroatoms. The van der Waals surface area contributed by atoms with Crippen molar-refractivity contribution in [3.05, 3.63) is 72.4 Å². The highest BCUT2D eigenvalue weighted by molar-refractivity contribution is 5.80. The number of ether oxygens (including phenoxy) is 1. The summed E-state index contributed by atoms with van der Waals surface area (Å²) in [5.41, 5.74) is 2.62. The van der Waals surface area contributed by atoms with Gasteiger partial charge in [-0.25, -0.2) is 4.98 Å². The number of hydrogen-bond acceptors (Lipinski definition) is 5. The van der Waals surface area contributed by atoms with Crippen LogP contribution >= 0.6 is 0 Å². The number of aliphatic hydroxyl groups is 1. The van der Waals surface area contributed by atoms with Gasteiger partial charge in [-0.15, -0.1) is 0 Å². The summed E-state index contributed by atoms with van der Waals surface area (Å²) in [7, 11) is 0. The third kappa shape index (κ3) is 4.74. The van der Waals surface area contributed by atoms with Crippen LogP contribution in [0.15, 0.2) is 66.9 Å². The van der Waals surface area contributed by atoms with E-state index in [0.29, 0.717) is 41.4 Å². The van der Waals surface area contributed by atoms with Gasteiger partial charge < -0.3 is 15.2 Å². The second-order valence-electron chi connectivity index (χ2n) is 7.02. The molecule has 0 radical (unpaired) electrons. The molecule has 2 N–H and O–H groups in total. The van der Waals surface area contributed by atoms with Crippen molar-refractivity contribution in [1.82, 2.24) is 14.6 Å². The Morgan fingerprint density at radius 2 is 1.72 bits per heavy atom. The van der Waals surface area contributed by atoms with Crippen LogP contribution in [0.2, 0.25) is 0 Å². The van der Waals surface area contributed by atoms with Gasteiger partial charge in [-0.05, 0) is 17.7 Å². The maximum Gasteiger partial charge on any atom is 0.416 e. The van der Waals surface area contributed by atoms with E-state index >= 15 is 0 Å². The average molecular weight is 442 g/mol. The number of nitrogens with zero attached hydrogens (tertiary/aromatic N) is 3. The van der Waals surface area contributed by atoms with Crippen LogP contribution in [0, 0.1) is 0 Å². The average Bonchev–Trinajstić information content (AvgIpc) is 3.23. The summed E-state index contributed by atoms with van der Waals surface area (Å²) >= 11 is 0. The molecular formula is C23H21F3N4O2. The largest absolute Gasteiger partial charge is 0.416 e. The highest BCUT2D eigenvalue weighted by Crippen LogP contribution is 2.33. The molecule has 0 atom stereocenters. The first-order valence-corrected chi connectivity index (χ1v) is 10.0. The summed E-state index contributed by atoms with van der Waals surface area (Å²) < 4.78 is 45.7. The maximum absolute atomic E-state index is 12.9. The van der Waals surface area contributed by atoms with Crippen LogP contribution in [0.1, 0.15) is 5.56 Å². The molecule has 0 aliphatic rings. The first kappa shape index (κ1) is 21.8. The van der Waals surface area contributed by atoms with E-state index in [1.807, 2.05) is 36.4 Å². The normalized spacial score (nSPS) is 11.8. The van der Waals surface area contributed by atoms with Gasteiger partial charge in [-0.3, -0.25) is 0 Å². The van der Waals surface area contributed by atoms with Gasteiger partial charge in [0.15, 0.2) is 5.65 Å². The van der Waals surface area contributed by atoms with Gasteiger partial charge in [-0.2, -0.15) is 22.8 Å². The van der Waals surface area contributed by atoms with Crippen LogP contribution in [0.25, 0.3) is 28.0 Å². The molecule has 0 aliphatic carbocycles. The van der Waals surface area contributed by atoms with E-state index < -0.39 is 11.7 Å². The Morgan fingerprint density at radius 1 is 0.969 bits per heavy atom. The molecule has 0 aliphatic heterocycles. The van der Waals surface area contributed by atoms with Crippen molar-refractivity contribution in [2.75, 3.05) is 31.7 Å². The van der Waals surface area contributed by atoms with Crippen molar-refractivity contribution < 1.29 is 23.0 Å². The van der Waals surface area contributed by atoms with Gasteiger partial charge in [0.25, 0.3) is 0 Å². The third-order valence-electron chi connectivity index (χ3n) is 4.85. The van der Waals surface area contributed by atoms with Crippen LogP contribution in [-0.2, 0) is 10.9 Å². The standard InChI is InChI=1S/C23H21F3N4O2/c24-23(25,26)18-8-6-16(7-9-18)19-15-28-30-21(27-10-12-32-13-11-31)14-20(29-22(19)30)17-4-2-1-3-5-17/h1-9,14-15,27,31H,10-13H2. The SMILES string of the molecule is OCCOCCNc1cc(-c2ccccc2)nc2c(-c3ccc(C(F)(F)F)cc3)cnn12. The van der Waals surface area contributed by atoms with Crippen LogP contribution in [0.5, 0.6) is 0 Å². The molecule has 0 bridgehead atoms. The van der Waals surface area contributed by atoms with Crippen molar-refractivity contribution in [3.63, 3.8) is 0 Å². The molecule has 0 fully saturated rings. The van der Waals surface area contributed by atoms with Gasteiger partial charge in [0.05, 0.1) is 37.3 Å². The summed E-state index contributed by atoms with van der Waals surface area (Å²) in [5, 5.41) is 16.5. The van der Waals surface area contributed by atoms with E-state index in [9.17, 15) is 13.2 Å². The first-order chi connectivity index (χ1) is 15.5. The van der Waals surface area contributed by atoms with Crippen molar-refractivity contribution in [2.24, 2.45) is 0 Å². The van der Waals surface area contributed by atoms with E-state index in [1.54, 1.807) is 10.7 Å². The number of benzene rings is 2. The van der Waals surface area contributed by atoms with Gasteiger partial charge in [0, 0.05) is 23.7 Å². The number of anilines is 1. The van der Waals surface area contributed by atoms with E-state index in [-0.39, 0.29) is 13.2 Å². The Labute approximate surface area is 182 Å². The first-order valence-electron chi connectivity index (χ1n) is 10.0. The zero-order valence-corrected chi connectivity index (χ0v) is 17.0. The zero-order chi connectivity index (χ0) is 22.6. The molecule has 2 aromatic carbocycles. The van der Waals surface area contributed by atoms with E-state index in [1.165, 1.54) is 12.1 Å². The second-order valence-corrected chi connectivity index (χ2v) is 7.02. The minimum Gasteiger partial charge on any atom is -0.394 e. The van der Waals surface area contributed by atoms with Crippen LogP contribution < -0.4 is 5.32 Å². The van der Waals surface area contributed by atoms with E-state index in [0.717, 1.165) is 17.7 Å². The van der Waals surface area contributed by atoms with Crippen LogP contribution in [0.4, 0.5) is 19.0 Å². The molecule has 166 valence electrons. The van der Waals surface area contributed by atoms with Crippen molar-refractivity contribution in [1.29, 1.82) is 0 Å². The van der Waals surface area contributed by atoms with Crippen LogP contribution in [-0.4, -0.2) is 46.1 Å².